The highest BCUT2D eigenvalue weighted by Crippen LogP contribution is 2.32. The quantitative estimate of drug-likeness (QED) is 0.778. The molecule has 1 saturated heterocycles. The summed E-state index contributed by atoms with van der Waals surface area (Å²) in [7, 11) is 0. The summed E-state index contributed by atoms with van der Waals surface area (Å²) in [6, 6.07) is 0.0456. The Kier molecular flexibility index (Phi) is 5.26. The number of nitrogens with two attached hydrogens (primary N) is 1. The molecule has 2 N–H and O–H groups in total. The fraction of sp³-hybridized carbons (Fsp3) is 0.938. The number of rotatable bonds is 5. The molecule has 2 rings (SSSR count). The number of hydrogen-bond acceptors (Lipinski definition) is 3. The van der Waals surface area contributed by atoms with Crippen LogP contribution >= 0.6 is 0 Å². The molecule has 0 aromatic rings. The molecular formula is C16H29NO2. The second-order valence-corrected chi connectivity index (χ2v) is 6.94. The highest BCUT2D eigenvalue weighted by atomic mass is 16.6. The van der Waals surface area contributed by atoms with Gasteiger partial charge in [-0.15, -0.1) is 0 Å². The Labute approximate surface area is 117 Å². The van der Waals surface area contributed by atoms with E-state index >= 15 is 0 Å². The van der Waals surface area contributed by atoms with Crippen LogP contribution in [-0.4, -0.2) is 18.1 Å². The third kappa shape index (κ3) is 4.20. The Morgan fingerprint density at radius 2 is 1.89 bits per heavy atom. The van der Waals surface area contributed by atoms with Crippen LogP contribution in [0.3, 0.4) is 0 Å². The molecule has 0 bridgehead atoms. The third-order valence-electron chi connectivity index (χ3n) is 4.68. The molecule has 0 aromatic carbocycles. The van der Waals surface area contributed by atoms with E-state index in [1.54, 1.807) is 0 Å². The number of carbonyl (C=O) groups excluding carboxylic acids is 1. The van der Waals surface area contributed by atoms with Crippen molar-refractivity contribution in [2.75, 3.05) is 0 Å². The van der Waals surface area contributed by atoms with Gasteiger partial charge in [-0.2, -0.15) is 0 Å². The molecule has 2 unspecified atom stereocenters. The normalized spacial score (nSPS) is 30.6. The fourth-order valence-corrected chi connectivity index (χ4v) is 3.65. The summed E-state index contributed by atoms with van der Waals surface area (Å²) < 4.78 is 5.51. The predicted octanol–water partition coefficient (Wildman–Crippen LogP) is 3.26. The summed E-state index contributed by atoms with van der Waals surface area (Å²) in [6.45, 7) is 4.31. The van der Waals surface area contributed by atoms with E-state index in [-0.39, 0.29) is 24.0 Å². The Bertz CT molecular complexity index is 297. The molecule has 0 spiro atoms. The molecule has 3 heteroatoms. The van der Waals surface area contributed by atoms with Crippen molar-refractivity contribution in [2.45, 2.75) is 77.4 Å². The van der Waals surface area contributed by atoms with Gasteiger partial charge in [0.2, 0.25) is 0 Å². The molecule has 2 fully saturated rings. The third-order valence-corrected chi connectivity index (χ3v) is 4.68. The summed E-state index contributed by atoms with van der Waals surface area (Å²) in [4.78, 5) is 11.8. The fourth-order valence-electron chi connectivity index (χ4n) is 3.65. The van der Waals surface area contributed by atoms with Crippen molar-refractivity contribution < 1.29 is 9.53 Å². The van der Waals surface area contributed by atoms with Gasteiger partial charge in [0.1, 0.15) is 6.10 Å². The summed E-state index contributed by atoms with van der Waals surface area (Å²) >= 11 is 0. The van der Waals surface area contributed by atoms with Crippen LogP contribution in [0.1, 0.15) is 65.2 Å². The van der Waals surface area contributed by atoms with Gasteiger partial charge in [-0.1, -0.05) is 46.0 Å². The maximum atomic E-state index is 11.8. The Balaban J connectivity index is 1.79. The first-order chi connectivity index (χ1) is 9.06. The molecule has 3 atom stereocenters. The number of cyclic esters (lactones) is 1. The average Bonchev–Trinajstić information content (AvgIpc) is 2.71. The van der Waals surface area contributed by atoms with Gasteiger partial charge in [-0.25, -0.2) is 0 Å². The minimum Gasteiger partial charge on any atom is -0.460 e. The van der Waals surface area contributed by atoms with E-state index in [1.165, 1.54) is 32.1 Å². The van der Waals surface area contributed by atoms with Gasteiger partial charge in [-0.05, 0) is 31.1 Å². The number of carbonyl (C=O) groups is 1. The zero-order chi connectivity index (χ0) is 13.8. The summed E-state index contributed by atoms with van der Waals surface area (Å²) in [5, 5.41) is 0. The largest absolute Gasteiger partial charge is 0.460 e. The van der Waals surface area contributed by atoms with Crippen LogP contribution < -0.4 is 5.73 Å². The van der Waals surface area contributed by atoms with E-state index in [0.29, 0.717) is 5.92 Å². The number of ether oxygens (including phenoxy) is 1. The van der Waals surface area contributed by atoms with Crippen molar-refractivity contribution in [3.8, 4) is 0 Å². The van der Waals surface area contributed by atoms with Crippen LogP contribution in [0.15, 0.2) is 0 Å². The Hall–Kier alpha value is -0.570. The van der Waals surface area contributed by atoms with Gasteiger partial charge in [0, 0.05) is 6.04 Å². The second-order valence-electron chi connectivity index (χ2n) is 6.94. The molecule has 110 valence electrons. The van der Waals surface area contributed by atoms with Crippen LogP contribution in [0.4, 0.5) is 0 Å². The van der Waals surface area contributed by atoms with Gasteiger partial charge in [0.05, 0.1) is 5.92 Å². The van der Waals surface area contributed by atoms with Gasteiger partial charge in [-0.3, -0.25) is 4.79 Å². The monoisotopic (exact) mass is 267 g/mol. The molecular weight excluding hydrogens is 238 g/mol. The van der Waals surface area contributed by atoms with Crippen molar-refractivity contribution in [1.29, 1.82) is 0 Å². The van der Waals surface area contributed by atoms with Crippen molar-refractivity contribution in [1.82, 2.24) is 0 Å². The van der Waals surface area contributed by atoms with Crippen molar-refractivity contribution in [2.24, 2.45) is 23.5 Å². The molecule has 1 aliphatic carbocycles. The average molecular weight is 267 g/mol. The minimum atomic E-state index is -0.0295. The molecule has 1 saturated carbocycles. The summed E-state index contributed by atoms with van der Waals surface area (Å²) in [6.07, 6.45) is 9.46. The molecule has 0 radical (unpaired) electrons. The van der Waals surface area contributed by atoms with Crippen LogP contribution in [-0.2, 0) is 9.53 Å². The minimum absolute atomic E-state index is 0.0159. The zero-order valence-electron chi connectivity index (χ0n) is 12.4. The molecule has 3 nitrogen and oxygen atoms in total. The first kappa shape index (κ1) is 14.8. The van der Waals surface area contributed by atoms with Crippen molar-refractivity contribution in [3.63, 3.8) is 0 Å². The van der Waals surface area contributed by atoms with Gasteiger partial charge in [0.25, 0.3) is 0 Å². The molecule has 19 heavy (non-hydrogen) atoms. The van der Waals surface area contributed by atoms with Gasteiger partial charge < -0.3 is 10.5 Å². The zero-order valence-corrected chi connectivity index (χ0v) is 12.4. The first-order valence-corrected chi connectivity index (χ1v) is 8.02. The van der Waals surface area contributed by atoms with Crippen molar-refractivity contribution in [3.05, 3.63) is 0 Å². The maximum absolute atomic E-state index is 11.8. The smallest absolute Gasteiger partial charge is 0.309 e. The Morgan fingerprint density at radius 3 is 2.53 bits per heavy atom. The predicted molar refractivity (Wildman–Crippen MR) is 76.6 cm³/mol. The highest BCUT2D eigenvalue weighted by Gasteiger charge is 2.38. The number of esters is 1. The van der Waals surface area contributed by atoms with E-state index in [2.05, 4.69) is 13.8 Å². The lowest BCUT2D eigenvalue weighted by atomic mass is 9.83. The molecule has 2 aliphatic rings. The number of hydrogen-bond donors (Lipinski definition) is 1. The molecule has 1 heterocycles. The van der Waals surface area contributed by atoms with E-state index in [0.717, 1.165) is 25.2 Å². The lowest BCUT2D eigenvalue weighted by Crippen LogP contribution is -2.36. The molecule has 1 aliphatic heterocycles. The summed E-state index contributed by atoms with van der Waals surface area (Å²) in [5.41, 5.74) is 6.29. The van der Waals surface area contributed by atoms with Crippen LogP contribution in [0.25, 0.3) is 0 Å². The van der Waals surface area contributed by atoms with E-state index in [4.69, 9.17) is 10.5 Å². The van der Waals surface area contributed by atoms with Crippen molar-refractivity contribution >= 4 is 5.97 Å². The SMILES string of the molecule is CC(C)CC1C[C@@H](C(N)CC2CCCCC2)OC1=O. The molecule has 0 aromatic heterocycles. The van der Waals surface area contributed by atoms with Gasteiger partial charge >= 0.3 is 5.97 Å². The van der Waals surface area contributed by atoms with Crippen LogP contribution in [0.2, 0.25) is 0 Å². The van der Waals surface area contributed by atoms with Gasteiger partial charge in [0.15, 0.2) is 0 Å². The highest BCUT2D eigenvalue weighted by molar-refractivity contribution is 5.74. The maximum Gasteiger partial charge on any atom is 0.309 e. The van der Waals surface area contributed by atoms with E-state index < -0.39 is 0 Å². The van der Waals surface area contributed by atoms with E-state index in [1.807, 2.05) is 0 Å². The van der Waals surface area contributed by atoms with E-state index in [9.17, 15) is 4.79 Å². The lowest BCUT2D eigenvalue weighted by Gasteiger charge is -2.26. The topological polar surface area (TPSA) is 52.3 Å². The summed E-state index contributed by atoms with van der Waals surface area (Å²) in [5.74, 6) is 1.37. The standard InChI is InChI=1S/C16H29NO2/c1-11(2)8-13-10-15(19-16(13)18)14(17)9-12-6-4-3-5-7-12/h11-15H,3-10,17H2,1-2H3/t13?,14?,15-/m0/s1. The first-order valence-electron chi connectivity index (χ1n) is 8.02. The van der Waals surface area contributed by atoms with Crippen LogP contribution in [0, 0.1) is 17.8 Å². The molecule has 0 amide bonds. The van der Waals surface area contributed by atoms with Crippen LogP contribution in [0.5, 0.6) is 0 Å². The Morgan fingerprint density at radius 1 is 1.21 bits per heavy atom. The lowest BCUT2D eigenvalue weighted by molar-refractivity contribution is -0.145. The second kappa shape index (κ2) is 6.74.